The lowest BCUT2D eigenvalue weighted by Crippen LogP contribution is -2.09. The predicted molar refractivity (Wildman–Crippen MR) is 32.4 cm³/mol. The standard InChI is InChI=1S/C5H9N3/c1-2-5(7)8-4-3-6/h2,4H2,1H3,(H2,7,8). The maximum atomic E-state index is 8.00. The van der Waals surface area contributed by atoms with Crippen LogP contribution in [0.25, 0.3) is 0 Å². The first-order valence-corrected chi connectivity index (χ1v) is 2.47. The summed E-state index contributed by atoms with van der Waals surface area (Å²) in [5, 5.41) is 8.00. The zero-order chi connectivity index (χ0) is 6.41. The third kappa shape index (κ3) is 3.16. The minimum atomic E-state index is 0.180. The first-order chi connectivity index (χ1) is 3.81. The van der Waals surface area contributed by atoms with Gasteiger partial charge in [0.05, 0.1) is 11.9 Å². The van der Waals surface area contributed by atoms with Gasteiger partial charge in [0, 0.05) is 6.42 Å². The van der Waals surface area contributed by atoms with E-state index in [1.807, 2.05) is 13.0 Å². The number of nitrogens with zero attached hydrogens (tertiary/aromatic N) is 2. The average Bonchev–Trinajstić information content (AvgIpc) is 1.83. The van der Waals surface area contributed by atoms with E-state index in [0.29, 0.717) is 5.84 Å². The monoisotopic (exact) mass is 111 g/mol. The van der Waals surface area contributed by atoms with Gasteiger partial charge in [-0.2, -0.15) is 5.26 Å². The normalized spacial score (nSPS) is 10.8. The van der Waals surface area contributed by atoms with Gasteiger partial charge >= 0.3 is 0 Å². The summed E-state index contributed by atoms with van der Waals surface area (Å²) in [4.78, 5) is 3.69. The Morgan fingerprint density at radius 3 is 2.88 bits per heavy atom. The second kappa shape index (κ2) is 4.13. The summed E-state index contributed by atoms with van der Waals surface area (Å²) in [6.45, 7) is 2.08. The molecule has 0 rings (SSSR count). The number of nitrogens with two attached hydrogens (primary N) is 1. The van der Waals surface area contributed by atoms with Crippen LogP contribution in [0.1, 0.15) is 13.3 Å². The lowest BCUT2D eigenvalue weighted by molar-refractivity contribution is 1.16. The fourth-order valence-corrected chi connectivity index (χ4v) is 0.249. The van der Waals surface area contributed by atoms with Crippen molar-refractivity contribution < 1.29 is 0 Å². The molecule has 0 heterocycles. The number of aliphatic imine (C=N–C) groups is 1. The molecule has 0 amide bonds. The highest BCUT2D eigenvalue weighted by Gasteiger charge is 1.81. The molecule has 0 atom stereocenters. The Kier molecular flexibility index (Phi) is 3.59. The molecule has 2 N–H and O–H groups in total. The van der Waals surface area contributed by atoms with Crippen LogP contribution in [0.4, 0.5) is 0 Å². The van der Waals surface area contributed by atoms with Crippen molar-refractivity contribution in [3.8, 4) is 6.07 Å². The summed E-state index contributed by atoms with van der Waals surface area (Å²) < 4.78 is 0. The maximum absolute atomic E-state index is 8.00. The van der Waals surface area contributed by atoms with Gasteiger partial charge in [-0.15, -0.1) is 0 Å². The van der Waals surface area contributed by atoms with Crippen molar-refractivity contribution in [3.05, 3.63) is 0 Å². The van der Waals surface area contributed by atoms with Gasteiger partial charge < -0.3 is 5.73 Å². The molecule has 0 aromatic carbocycles. The summed E-state index contributed by atoms with van der Waals surface area (Å²) in [5.74, 6) is 0.548. The Balaban J connectivity index is 3.45. The summed E-state index contributed by atoms with van der Waals surface area (Å²) >= 11 is 0. The molecule has 0 saturated carbocycles. The van der Waals surface area contributed by atoms with Crippen LogP contribution in [0.15, 0.2) is 4.99 Å². The van der Waals surface area contributed by atoms with E-state index in [4.69, 9.17) is 11.0 Å². The van der Waals surface area contributed by atoms with E-state index in [0.717, 1.165) is 6.42 Å². The van der Waals surface area contributed by atoms with Crippen LogP contribution in [0, 0.1) is 11.3 Å². The predicted octanol–water partition coefficient (Wildman–Crippen LogP) is 0.277. The summed E-state index contributed by atoms with van der Waals surface area (Å²) in [7, 11) is 0. The van der Waals surface area contributed by atoms with Crippen molar-refractivity contribution >= 4 is 5.84 Å². The molecule has 0 spiro atoms. The number of hydrogen-bond donors (Lipinski definition) is 1. The smallest absolute Gasteiger partial charge is 0.128 e. The third-order valence-corrected chi connectivity index (χ3v) is 0.715. The van der Waals surface area contributed by atoms with Crippen molar-refractivity contribution in [2.75, 3.05) is 6.54 Å². The van der Waals surface area contributed by atoms with E-state index in [1.54, 1.807) is 0 Å². The molecule has 0 aromatic heterocycles. The van der Waals surface area contributed by atoms with Gasteiger partial charge in [-0.3, -0.25) is 4.99 Å². The molecular weight excluding hydrogens is 102 g/mol. The van der Waals surface area contributed by atoms with Crippen LogP contribution in [0.2, 0.25) is 0 Å². The van der Waals surface area contributed by atoms with Gasteiger partial charge in [-0.05, 0) is 0 Å². The minimum Gasteiger partial charge on any atom is -0.387 e. The summed E-state index contributed by atoms with van der Waals surface area (Å²) in [6, 6.07) is 1.87. The number of rotatable bonds is 2. The van der Waals surface area contributed by atoms with E-state index in [1.165, 1.54) is 0 Å². The zero-order valence-corrected chi connectivity index (χ0v) is 4.89. The molecule has 0 bridgehead atoms. The highest BCUT2D eigenvalue weighted by Crippen LogP contribution is 1.75. The van der Waals surface area contributed by atoms with Crippen molar-refractivity contribution in [1.29, 1.82) is 5.26 Å². The Bertz CT molecular complexity index is 120. The molecular formula is C5H9N3. The Morgan fingerprint density at radius 1 is 1.88 bits per heavy atom. The summed E-state index contributed by atoms with van der Waals surface area (Å²) in [6.07, 6.45) is 0.724. The molecule has 0 aliphatic rings. The highest BCUT2D eigenvalue weighted by molar-refractivity contribution is 5.79. The molecule has 0 fully saturated rings. The molecule has 8 heavy (non-hydrogen) atoms. The van der Waals surface area contributed by atoms with Gasteiger partial charge in [0.25, 0.3) is 0 Å². The number of amidine groups is 1. The van der Waals surface area contributed by atoms with E-state index in [9.17, 15) is 0 Å². The van der Waals surface area contributed by atoms with Crippen LogP contribution < -0.4 is 5.73 Å². The fraction of sp³-hybridized carbons (Fsp3) is 0.600. The van der Waals surface area contributed by atoms with E-state index >= 15 is 0 Å². The third-order valence-electron chi connectivity index (χ3n) is 0.715. The van der Waals surface area contributed by atoms with Crippen LogP contribution in [-0.2, 0) is 0 Å². The quantitative estimate of drug-likeness (QED) is 0.316. The zero-order valence-electron chi connectivity index (χ0n) is 4.89. The molecule has 0 saturated heterocycles. The maximum Gasteiger partial charge on any atom is 0.128 e. The average molecular weight is 111 g/mol. The van der Waals surface area contributed by atoms with Crippen LogP contribution >= 0.6 is 0 Å². The highest BCUT2D eigenvalue weighted by atomic mass is 14.8. The second-order valence-corrected chi connectivity index (χ2v) is 1.32. The first kappa shape index (κ1) is 6.96. The Labute approximate surface area is 48.8 Å². The number of nitriles is 1. The lowest BCUT2D eigenvalue weighted by atomic mass is 10.4. The Morgan fingerprint density at radius 2 is 2.50 bits per heavy atom. The Hall–Kier alpha value is -1.04. The van der Waals surface area contributed by atoms with E-state index < -0.39 is 0 Å². The topological polar surface area (TPSA) is 62.2 Å². The van der Waals surface area contributed by atoms with Gasteiger partial charge in [-0.25, -0.2) is 0 Å². The SMILES string of the molecule is CCC(N)=NCC#N. The van der Waals surface area contributed by atoms with Crippen molar-refractivity contribution in [1.82, 2.24) is 0 Å². The molecule has 3 heteroatoms. The van der Waals surface area contributed by atoms with Crippen LogP contribution in [0.3, 0.4) is 0 Å². The van der Waals surface area contributed by atoms with Crippen LogP contribution in [-0.4, -0.2) is 12.4 Å². The first-order valence-electron chi connectivity index (χ1n) is 2.47. The molecule has 0 aromatic rings. The molecule has 0 radical (unpaired) electrons. The lowest BCUT2D eigenvalue weighted by Gasteiger charge is -1.87. The molecule has 0 unspecified atom stereocenters. The second-order valence-electron chi connectivity index (χ2n) is 1.32. The van der Waals surface area contributed by atoms with Crippen molar-refractivity contribution in [2.24, 2.45) is 10.7 Å². The molecule has 3 nitrogen and oxygen atoms in total. The molecule has 0 aliphatic carbocycles. The van der Waals surface area contributed by atoms with E-state index in [2.05, 4.69) is 4.99 Å². The van der Waals surface area contributed by atoms with Crippen molar-refractivity contribution in [3.63, 3.8) is 0 Å². The minimum absolute atomic E-state index is 0.180. The van der Waals surface area contributed by atoms with Gasteiger partial charge in [0.2, 0.25) is 0 Å². The molecule has 44 valence electrons. The number of hydrogen-bond acceptors (Lipinski definition) is 2. The molecule has 0 aliphatic heterocycles. The van der Waals surface area contributed by atoms with E-state index in [-0.39, 0.29) is 6.54 Å². The largest absolute Gasteiger partial charge is 0.387 e. The van der Waals surface area contributed by atoms with Gasteiger partial charge in [0.1, 0.15) is 6.54 Å². The fourth-order valence-electron chi connectivity index (χ4n) is 0.249. The van der Waals surface area contributed by atoms with Crippen LogP contribution in [0.5, 0.6) is 0 Å². The van der Waals surface area contributed by atoms with Gasteiger partial charge in [0.15, 0.2) is 0 Å². The van der Waals surface area contributed by atoms with Crippen molar-refractivity contribution in [2.45, 2.75) is 13.3 Å². The van der Waals surface area contributed by atoms with Gasteiger partial charge in [-0.1, -0.05) is 6.92 Å². The summed E-state index contributed by atoms with van der Waals surface area (Å²) in [5.41, 5.74) is 5.26.